The van der Waals surface area contributed by atoms with Gasteiger partial charge in [0, 0.05) is 11.6 Å². The van der Waals surface area contributed by atoms with Crippen molar-refractivity contribution in [3.05, 3.63) is 28.8 Å². The van der Waals surface area contributed by atoms with Crippen LogP contribution < -0.4 is 10.5 Å². The zero-order valence-electron chi connectivity index (χ0n) is 12.0. The number of hydrogen-bond donors (Lipinski definition) is 2. The van der Waals surface area contributed by atoms with Gasteiger partial charge in [-0.3, -0.25) is 0 Å². The molecule has 1 aromatic rings. The number of thioether (sulfide) groups is 1. The van der Waals surface area contributed by atoms with Crippen LogP contribution in [-0.4, -0.2) is 33.0 Å². The fourth-order valence-corrected chi connectivity index (χ4v) is 4.04. The maximum Gasteiger partial charge on any atom is 0.242 e. The molecular formula is C14H19ClN2O2S2. The predicted octanol–water partition coefficient (Wildman–Crippen LogP) is 2.07. The second kappa shape index (κ2) is 8.66. The van der Waals surface area contributed by atoms with Crippen LogP contribution in [0.4, 0.5) is 0 Å². The quantitative estimate of drug-likeness (QED) is 0.773. The highest BCUT2D eigenvalue weighted by atomic mass is 35.5. The molecule has 3 N–H and O–H groups in total. The first-order valence-corrected chi connectivity index (χ1v) is 9.66. The standard InChI is InChI=1S/C14H19ClN2O2S2/c1-11(7-9-20-2)17-21(18,19)14-6-5-12(4-3-8-16)10-13(14)15/h5-6,10-11,17H,7-9,16H2,1-2H3. The Morgan fingerprint density at radius 2 is 2.19 bits per heavy atom. The lowest BCUT2D eigenvalue weighted by Gasteiger charge is -2.14. The Bertz CT molecular complexity index is 636. The largest absolute Gasteiger partial charge is 0.320 e. The molecule has 0 radical (unpaired) electrons. The molecule has 116 valence electrons. The third kappa shape index (κ3) is 5.89. The molecular weight excluding hydrogens is 328 g/mol. The summed E-state index contributed by atoms with van der Waals surface area (Å²) in [5.74, 6) is 6.41. The molecule has 0 aliphatic heterocycles. The zero-order valence-corrected chi connectivity index (χ0v) is 14.4. The van der Waals surface area contributed by atoms with Crippen molar-refractivity contribution < 1.29 is 8.42 Å². The summed E-state index contributed by atoms with van der Waals surface area (Å²) in [7, 11) is -3.62. The summed E-state index contributed by atoms with van der Waals surface area (Å²) >= 11 is 7.74. The molecule has 0 saturated carbocycles. The van der Waals surface area contributed by atoms with Gasteiger partial charge in [-0.2, -0.15) is 11.8 Å². The van der Waals surface area contributed by atoms with Crippen molar-refractivity contribution in [2.45, 2.75) is 24.3 Å². The zero-order chi connectivity index (χ0) is 15.9. The van der Waals surface area contributed by atoms with Gasteiger partial charge in [0.05, 0.1) is 11.6 Å². The third-order valence-electron chi connectivity index (χ3n) is 2.67. The summed E-state index contributed by atoms with van der Waals surface area (Å²) in [6.07, 6.45) is 2.75. The van der Waals surface area contributed by atoms with Crippen LogP contribution in [-0.2, 0) is 10.0 Å². The fourth-order valence-electron chi connectivity index (χ4n) is 1.63. The monoisotopic (exact) mass is 346 g/mol. The lowest BCUT2D eigenvalue weighted by molar-refractivity contribution is 0.557. The molecule has 0 spiro atoms. The molecule has 21 heavy (non-hydrogen) atoms. The molecule has 0 amide bonds. The average molecular weight is 347 g/mol. The Morgan fingerprint density at radius 3 is 2.76 bits per heavy atom. The van der Waals surface area contributed by atoms with Gasteiger partial charge in [0.25, 0.3) is 0 Å². The first kappa shape index (κ1) is 18.3. The van der Waals surface area contributed by atoms with Crippen LogP contribution in [0.3, 0.4) is 0 Å². The number of benzene rings is 1. The van der Waals surface area contributed by atoms with Crippen molar-refractivity contribution >= 4 is 33.4 Å². The van der Waals surface area contributed by atoms with E-state index in [0.29, 0.717) is 5.56 Å². The predicted molar refractivity (Wildman–Crippen MR) is 90.2 cm³/mol. The van der Waals surface area contributed by atoms with E-state index in [1.807, 2.05) is 13.2 Å². The number of nitrogens with two attached hydrogens (primary N) is 1. The Morgan fingerprint density at radius 1 is 1.48 bits per heavy atom. The van der Waals surface area contributed by atoms with E-state index in [4.69, 9.17) is 17.3 Å². The molecule has 7 heteroatoms. The van der Waals surface area contributed by atoms with Crippen molar-refractivity contribution in [3.8, 4) is 11.8 Å². The number of halogens is 1. The normalized spacial score (nSPS) is 12.6. The molecule has 1 atom stereocenters. The van der Waals surface area contributed by atoms with E-state index in [-0.39, 0.29) is 22.5 Å². The molecule has 1 unspecified atom stereocenters. The van der Waals surface area contributed by atoms with E-state index in [1.165, 1.54) is 12.1 Å². The lowest BCUT2D eigenvalue weighted by atomic mass is 10.2. The minimum Gasteiger partial charge on any atom is -0.320 e. The van der Waals surface area contributed by atoms with Crippen LogP contribution in [0, 0.1) is 11.8 Å². The lowest BCUT2D eigenvalue weighted by Crippen LogP contribution is -2.33. The number of rotatable bonds is 6. The highest BCUT2D eigenvalue weighted by Gasteiger charge is 2.20. The number of hydrogen-bond acceptors (Lipinski definition) is 4. The number of nitrogens with one attached hydrogen (secondary N) is 1. The Hall–Kier alpha value is -0.710. The van der Waals surface area contributed by atoms with Crippen LogP contribution >= 0.6 is 23.4 Å². The topological polar surface area (TPSA) is 72.2 Å². The van der Waals surface area contributed by atoms with Crippen LogP contribution in [0.1, 0.15) is 18.9 Å². The molecule has 0 heterocycles. The smallest absolute Gasteiger partial charge is 0.242 e. The summed E-state index contributed by atoms with van der Waals surface area (Å²) in [6, 6.07) is 4.48. The van der Waals surface area contributed by atoms with E-state index in [2.05, 4.69) is 16.6 Å². The molecule has 4 nitrogen and oxygen atoms in total. The molecule has 1 rings (SSSR count). The van der Waals surface area contributed by atoms with E-state index in [0.717, 1.165) is 12.2 Å². The Balaban J connectivity index is 2.93. The molecule has 0 fully saturated rings. The first-order chi connectivity index (χ1) is 9.90. The van der Waals surface area contributed by atoms with Crippen molar-refractivity contribution in [2.24, 2.45) is 5.73 Å². The van der Waals surface area contributed by atoms with Gasteiger partial charge in [0.15, 0.2) is 0 Å². The summed E-state index contributed by atoms with van der Waals surface area (Å²) in [5, 5.41) is 0.156. The molecule has 0 bridgehead atoms. The van der Waals surface area contributed by atoms with Gasteiger partial charge in [-0.15, -0.1) is 0 Å². The first-order valence-electron chi connectivity index (χ1n) is 6.40. The Labute approximate surface area is 135 Å². The van der Waals surface area contributed by atoms with Gasteiger partial charge >= 0.3 is 0 Å². The second-order valence-corrected chi connectivity index (χ2v) is 7.53. The van der Waals surface area contributed by atoms with E-state index >= 15 is 0 Å². The van der Waals surface area contributed by atoms with Gasteiger partial charge in [0.1, 0.15) is 4.90 Å². The summed E-state index contributed by atoms with van der Waals surface area (Å²) < 4.78 is 27.2. The molecule has 0 saturated heterocycles. The summed E-state index contributed by atoms with van der Waals surface area (Å²) in [4.78, 5) is 0.0680. The third-order valence-corrected chi connectivity index (χ3v) is 5.38. The van der Waals surface area contributed by atoms with Gasteiger partial charge < -0.3 is 5.73 Å². The maximum atomic E-state index is 12.3. The van der Waals surface area contributed by atoms with Crippen molar-refractivity contribution in [3.63, 3.8) is 0 Å². The average Bonchev–Trinajstić information content (AvgIpc) is 2.42. The summed E-state index contributed by atoms with van der Waals surface area (Å²) in [5.41, 5.74) is 5.93. The van der Waals surface area contributed by atoms with Gasteiger partial charge in [-0.05, 0) is 43.6 Å². The summed E-state index contributed by atoms with van der Waals surface area (Å²) in [6.45, 7) is 2.08. The van der Waals surface area contributed by atoms with Crippen molar-refractivity contribution in [1.82, 2.24) is 4.72 Å². The molecule has 0 aliphatic rings. The molecule has 0 aromatic heterocycles. The van der Waals surface area contributed by atoms with Gasteiger partial charge in [-0.1, -0.05) is 23.4 Å². The van der Waals surface area contributed by atoms with Crippen LogP contribution in [0.15, 0.2) is 23.1 Å². The van der Waals surface area contributed by atoms with E-state index in [9.17, 15) is 8.42 Å². The van der Waals surface area contributed by atoms with Crippen LogP contribution in [0.5, 0.6) is 0 Å². The Kier molecular flexibility index (Phi) is 7.57. The second-order valence-electron chi connectivity index (χ2n) is 4.45. The minimum atomic E-state index is -3.62. The van der Waals surface area contributed by atoms with Crippen LogP contribution in [0.2, 0.25) is 5.02 Å². The van der Waals surface area contributed by atoms with Crippen molar-refractivity contribution in [2.75, 3.05) is 18.6 Å². The van der Waals surface area contributed by atoms with E-state index < -0.39 is 10.0 Å². The SMILES string of the molecule is CSCCC(C)NS(=O)(=O)c1ccc(C#CCN)cc1Cl. The van der Waals surface area contributed by atoms with Gasteiger partial charge in [0.2, 0.25) is 10.0 Å². The maximum absolute atomic E-state index is 12.3. The minimum absolute atomic E-state index is 0.0680. The number of sulfonamides is 1. The van der Waals surface area contributed by atoms with E-state index in [1.54, 1.807) is 17.8 Å². The highest BCUT2D eigenvalue weighted by Crippen LogP contribution is 2.22. The molecule has 1 aromatic carbocycles. The molecule has 0 aliphatic carbocycles. The highest BCUT2D eigenvalue weighted by molar-refractivity contribution is 7.98. The van der Waals surface area contributed by atoms with Gasteiger partial charge in [-0.25, -0.2) is 13.1 Å². The van der Waals surface area contributed by atoms with Crippen LogP contribution in [0.25, 0.3) is 0 Å². The van der Waals surface area contributed by atoms with Crippen molar-refractivity contribution in [1.29, 1.82) is 0 Å². The fraction of sp³-hybridized carbons (Fsp3) is 0.429.